The molecule has 0 amide bonds. The van der Waals surface area contributed by atoms with E-state index in [9.17, 15) is 35.7 Å². The summed E-state index contributed by atoms with van der Waals surface area (Å²) in [5.41, 5.74) is 16.0. The Morgan fingerprint density at radius 1 is 0.976 bits per heavy atom. The van der Waals surface area contributed by atoms with Crippen molar-refractivity contribution in [2.45, 2.75) is 111 Å². The fourth-order valence-corrected chi connectivity index (χ4v) is 5.71. The Hall–Kier alpha value is -0.680. The number of nitrogens with two attached hydrogens (primary N) is 3. The van der Waals surface area contributed by atoms with E-state index in [-0.39, 0.29) is 32.7 Å². The zero-order chi connectivity index (χ0) is 31.2. The van der Waals surface area contributed by atoms with Gasteiger partial charge in [-0.15, -0.1) is 0 Å². The van der Waals surface area contributed by atoms with Gasteiger partial charge in [-0.25, -0.2) is 0 Å². The van der Waals surface area contributed by atoms with Gasteiger partial charge in [0, 0.05) is 31.7 Å². The van der Waals surface area contributed by atoms with Crippen LogP contribution in [0.1, 0.15) is 19.8 Å². The molecular weight excluding hydrogens is 560 g/mol. The van der Waals surface area contributed by atoms with E-state index in [1.54, 1.807) is 7.05 Å². The van der Waals surface area contributed by atoms with Gasteiger partial charge in [0.25, 0.3) is 0 Å². The van der Waals surface area contributed by atoms with Crippen molar-refractivity contribution < 1.29 is 54.7 Å². The molecule has 17 heteroatoms. The number of aliphatic hydroxyl groups is 7. The van der Waals surface area contributed by atoms with Gasteiger partial charge in [0.15, 0.2) is 12.6 Å². The topological polar surface area (TPSA) is 293 Å². The van der Waals surface area contributed by atoms with Gasteiger partial charge < -0.3 is 87.8 Å². The summed E-state index contributed by atoms with van der Waals surface area (Å²) < 4.78 is 23.5. The van der Waals surface area contributed by atoms with Crippen LogP contribution >= 0.6 is 0 Å². The van der Waals surface area contributed by atoms with Crippen LogP contribution in [0.25, 0.3) is 0 Å². The van der Waals surface area contributed by atoms with E-state index in [1.165, 1.54) is 6.92 Å². The summed E-state index contributed by atoms with van der Waals surface area (Å²) in [5, 5.41) is 83.6. The minimum absolute atomic E-state index is 0.0116. The van der Waals surface area contributed by atoms with E-state index < -0.39 is 91.2 Å². The molecule has 3 rings (SSSR count). The number of hydrogen-bond acceptors (Lipinski definition) is 17. The summed E-state index contributed by atoms with van der Waals surface area (Å²) in [6.45, 7) is 2.53. The van der Waals surface area contributed by atoms with Gasteiger partial charge in [-0.05, 0) is 39.9 Å². The third-order valence-electron chi connectivity index (χ3n) is 8.20. The zero-order valence-corrected chi connectivity index (χ0v) is 24.2. The Kier molecular flexibility index (Phi) is 13.7. The van der Waals surface area contributed by atoms with Crippen LogP contribution in [-0.4, -0.2) is 173 Å². The van der Waals surface area contributed by atoms with Crippen LogP contribution in [-0.2, 0) is 18.9 Å². The normalized spacial score (nSPS) is 45.6. The van der Waals surface area contributed by atoms with E-state index in [1.807, 2.05) is 0 Å². The second-order valence-corrected chi connectivity index (χ2v) is 11.7. The van der Waals surface area contributed by atoms with Gasteiger partial charge in [0.05, 0.1) is 18.8 Å². The third kappa shape index (κ3) is 8.52. The lowest BCUT2D eigenvalue weighted by atomic mass is 9.83. The first-order valence-corrected chi connectivity index (χ1v) is 14.5. The fraction of sp³-hybridized carbons (Fsp3) is 1.00. The Labute approximate surface area is 245 Å². The molecule has 248 valence electrons. The van der Waals surface area contributed by atoms with Crippen molar-refractivity contribution in [3.8, 4) is 0 Å². The van der Waals surface area contributed by atoms with Crippen LogP contribution in [0.15, 0.2) is 0 Å². The Morgan fingerprint density at radius 3 is 2.31 bits per heavy atom. The molecule has 0 aromatic carbocycles. The molecule has 0 radical (unpaired) electrons. The molecule has 16 N–H and O–H groups in total. The summed E-state index contributed by atoms with van der Waals surface area (Å²) in [6.07, 6.45) is -13.5. The largest absolute Gasteiger partial charge is 0.390 e. The molecule has 3 aliphatic rings. The summed E-state index contributed by atoms with van der Waals surface area (Å²) in [5.74, 6) is 0. The van der Waals surface area contributed by atoms with Gasteiger partial charge in [-0.2, -0.15) is 0 Å². The van der Waals surface area contributed by atoms with E-state index >= 15 is 0 Å². The first kappa shape index (κ1) is 35.8. The summed E-state index contributed by atoms with van der Waals surface area (Å²) >= 11 is 0. The number of nitrogens with one attached hydrogen (secondary N) is 3. The van der Waals surface area contributed by atoms with Crippen LogP contribution in [0, 0.1) is 0 Å². The summed E-state index contributed by atoms with van der Waals surface area (Å²) in [7, 11) is 1.57. The number of aliphatic hydroxyl groups excluding tert-OH is 6. The molecule has 42 heavy (non-hydrogen) atoms. The highest BCUT2D eigenvalue weighted by Crippen LogP contribution is 2.32. The van der Waals surface area contributed by atoms with Gasteiger partial charge >= 0.3 is 0 Å². The predicted molar refractivity (Wildman–Crippen MR) is 148 cm³/mol. The molecule has 0 aromatic heterocycles. The van der Waals surface area contributed by atoms with Gasteiger partial charge in [0.2, 0.25) is 0 Å². The Bertz CT molecular complexity index is 806. The van der Waals surface area contributed by atoms with Crippen molar-refractivity contribution in [2.75, 3.05) is 46.4 Å². The van der Waals surface area contributed by atoms with Crippen molar-refractivity contribution in [3.63, 3.8) is 0 Å². The molecule has 2 saturated heterocycles. The van der Waals surface area contributed by atoms with Crippen molar-refractivity contribution in [1.82, 2.24) is 16.0 Å². The molecule has 2 unspecified atom stereocenters. The van der Waals surface area contributed by atoms with Crippen LogP contribution in [0.2, 0.25) is 0 Å². The Balaban J connectivity index is 1.77. The molecule has 15 atom stereocenters. The van der Waals surface area contributed by atoms with Crippen LogP contribution in [0.5, 0.6) is 0 Å². The maximum absolute atomic E-state index is 11.5. The predicted octanol–water partition coefficient (Wildman–Crippen LogP) is -7.07. The highest BCUT2D eigenvalue weighted by Gasteiger charge is 2.52. The highest BCUT2D eigenvalue weighted by atomic mass is 16.7. The summed E-state index contributed by atoms with van der Waals surface area (Å²) in [6, 6.07) is -2.31. The van der Waals surface area contributed by atoms with Crippen molar-refractivity contribution in [2.24, 2.45) is 17.2 Å². The minimum atomic E-state index is -1.66. The SMILES string of the molecule is CN[C@@H]1[C@@H](O)[C@@H](O[C@H]2[C@H](NCC(O)CN)C[C@H](N)C(O[C@H]3O[C@H](CNCCCN)[C@@H](O)[C@H](O)[C@H]3O)[C@@H]2O)OC[C@]1(C)O. The number of ether oxygens (including phenoxy) is 4. The number of hydrogen-bond donors (Lipinski definition) is 13. The molecule has 0 bridgehead atoms. The number of likely N-dealkylation sites (N-methyl/N-ethyl adjacent to an activating group) is 1. The lowest BCUT2D eigenvalue weighted by Crippen LogP contribution is -2.69. The molecule has 17 nitrogen and oxygen atoms in total. The van der Waals surface area contributed by atoms with Gasteiger partial charge in [-0.1, -0.05) is 0 Å². The van der Waals surface area contributed by atoms with Crippen molar-refractivity contribution in [3.05, 3.63) is 0 Å². The first-order chi connectivity index (χ1) is 19.9. The molecule has 3 fully saturated rings. The average Bonchev–Trinajstić information content (AvgIpc) is 2.95. The smallest absolute Gasteiger partial charge is 0.187 e. The molecule has 1 aliphatic carbocycles. The van der Waals surface area contributed by atoms with E-state index in [0.717, 1.165) is 0 Å². The quantitative estimate of drug-likeness (QED) is 0.0811. The van der Waals surface area contributed by atoms with E-state index in [2.05, 4.69) is 16.0 Å². The standard InChI is InChI=1S/C25H52N6O11/c1-25(38)10-39-23(19(37)22(25)29-2)42-21-13(31-8-11(32)7-27)6-12(28)20(18(21)36)41-24-17(35)16(34)15(33)14(40-24)9-30-5-3-4-26/h11-24,29-38H,3-10,26-28H2,1-2H3/t11?,12-,13+,14+,15+,16-,17+,18-,19+,20?,21-,22+,23+,24+,25-/m0/s1. The van der Waals surface area contributed by atoms with Crippen LogP contribution in [0.3, 0.4) is 0 Å². The monoisotopic (exact) mass is 612 g/mol. The fourth-order valence-electron chi connectivity index (χ4n) is 5.71. The lowest BCUT2D eigenvalue weighted by Gasteiger charge is -2.49. The maximum Gasteiger partial charge on any atom is 0.187 e. The summed E-state index contributed by atoms with van der Waals surface area (Å²) in [4.78, 5) is 0. The van der Waals surface area contributed by atoms with Crippen LogP contribution in [0.4, 0.5) is 0 Å². The lowest BCUT2D eigenvalue weighted by molar-refractivity contribution is -0.331. The molecular formula is C25H52N6O11. The molecule has 1 saturated carbocycles. The third-order valence-corrected chi connectivity index (χ3v) is 8.20. The average molecular weight is 613 g/mol. The van der Waals surface area contributed by atoms with E-state index in [4.69, 9.17) is 36.1 Å². The molecule has 0 aromatic rings. The minimum Gasteiger partial charge on any atom is -0.390 e. The van der Waals surface area contributed by atoms with Crippen LogP contribution < -0.4 is 33.2 Å². The second-order valence-electron chi connectivity index (χ2n) is 11.7. The number of rotatable bonds is 14. The van der Waals surface area contributed by atoms with Gasteiger partial charge in [0.1, 0.15) is 54.4 Å². The van der Waals surface area contributed by atoms with E-state index in [0.29, 0.717) is 19.5 Å². The van der Waals surface area contributed by atoms with Crippen molar-refractivity contribution >= 4 is 0 Å². The molecule has 0 spiro atoms. The second kappa shape index (κ2) is 16.1. The maximum atomic E-state index is 11.5. The van der Waals surface area contributed by atoms with Crippen molar-refractivity contribution in [1.29, 1.82) is 0 Å². The molecule has 2 heterocycles. The first-order valence-electron chi connectivity index (χ1n) is 14.5. The zero-order valence-electron chi connectivity index (χ0n) is 24.2. The van der Waals surface area contributed by atoms with Gasteiger partial charge in [-0.3, -0.25) is 0 Å². The Morgan fingerprint density at radius 2 is 1.67 bits per heavy atom. The highest BCUT2D eigenvalue weighted by molar-refractivity contribution is 5.03. The molecule has 2 aliphatic heterocycles.